The fourth-order valence-electron chi connectivity index (χ4n) is 5.73. The lowest BCUT2D eigenvalue weighted by molar-refractivity contribution is -0.117. The number of furan rings is 2. The molecule has 5 heteroatoms. The molecule has 166 valence electrons. The van der Waals surface area contributed by atoms with Crippen molar-refractivity contribution in [3.05, 3.63) is 106 Å². The van der Waals surface area contributed by atoms with Gasteiger partial charge in [-0.3, -0.25) is 9.59 Å². The summed E-state index contributed by atoms with van der Waals surface area (Å²) in [4.78, 5) is 27.1. The zero-order valence-electron chi connectivity index (χ0n) is 18.5. The second kappa shape index (κ2) is 7.77. The van der Waals surface area contributed by atoms with Crippen LogP contribution >= 0.6 is 0 Å². The van der Waals surface area contributed by atoms with Gasteiger partial charge in [0.25, 0.3) is 0 Å². The second-order valence-corrected chi connectivity index (χ2v) is 9.34. The van der Waals surface area contributed by atoms with Crippen LogP contribution in [0.15, 0.2) is 92.4 Å². The van der Waals surface area contributed by atoms with Gasteiger partial charge in [0.2, 0.25) is 0 Å². The molecule has 1 N–H and O–H groups in total. The molecule has 6 rings (SSSR count). The SMILES string of the molecule is Cc1cccc(C2C3=C(CC(c4ccco4)CC3=O)NC3=C2C(=O)CC(c2ccco2)C3)c1. The summed E-state index contributed by atoms with van der Waals surface area (Å²) < 4.78 is 11.3. The molecule has 0 fully saturated rings. The molecule has 0 spiro atoms. The van der Waals surface area contributed by atoms with Gasteiger partial charge in [0.15, 0.2) is 11.6 Å². The second-order valence-electron chi connectivity index (χ2n) is 9.34. The molecular weight excluding hydrogens is 414 g/mol. The first-order valence-corrected chi connectivity index (χ1v) is 11.5. The first kappa shape index (κ1) is 20.0. The van der Waals surface area contributed by atoms with Gasteiger partial charge in [-0.25, -0.2) is 0 Å². The summed E-state index contributed by atoms with van der Waals surface area (Å²) in [6.07, 6.45) is 5.47. The minimum Gasteiger partial charge on any atom is -0.469 e. The van der Waals surface area contributed by atoms with Gasteiger partial charge in [-0.15, -0.1) is 0 Å². The summed E-state index contributed by atoms with van der Waals surface area (Å²) in [6, 6.07) is 15.8. The van der Waals surface area contributed by atoms with Crippen molar-refractivity contribution in [2.45, 2.75) is 50.4 Å². The van der Waals surface area contributed by atoms with Gasteiger partial charge in [-0.05, 0) is 49.6 Å². The highest BCUT2D eigenvalue weighted by atomic mass is 16.3. The molecule has 5 nitrogen and oxygen atoms in total. The number of rotatable bonds is 3. The number of Topliss-reactive ketones (excluding diaryl/α,β-unsaturated/α-hetero) is 2. The topological polar surface area (TPSA) is 72.5 Å². The zero-order valence-corrected chi connectivity index (χ0v) is 18.5. The Morgan fingerprint density at radius 2 is 1.33 bits per heavy atom. The molecule has 0 saturated heterocycles. The van der Waals surface area contributed by atoms with Crippen LogP contribution in [0, 0.1) is 6.92 Å². The Bertz CT molecular complexity index is 1220. The third kappa shape index (κ3) is 3.39. The van der Waals surface area contributed by atoms with Crippen molar-refractivity contribution in [3.63, 3.8) is 0 Å². The Hall–Kier alpha value is -3.60. The van der Waals surface area contributed by atoms with E-state index in [4.69, 9.17) is 8.83 Å². The molecule has 3 heterocycles. The Labute approximate surface area is 192 Å². The third-order valence-electron chi connectivity index (χ3n) is 7.16. The van der Waals surface area contributed by atoms with Gasteiger partial charge in [0, 0.05) is 53.1 Å². The quantitative estimate of drug-likeness (QED) is 0.569. The number of carbonyl (C=O) groups excluding carboxylic acids is 2. The van der Waals surface area contributed by atoms with Crippen LogP contribution in [0.25, 0.3) is 0 Å². The number of ketones is 2. The van der Waals surface area contributed by atoms with Crippen LogP contribution in [0.1, 0.15) is 66.1 Å². The van der Waals surface area contributed by atoms with Crippen molar-refractivity contribution in [2.75, 3.05) is 0 Å². The zero-order chi connectivity index (χ0) is 22.5. The molecule has 1 aromatic carbocycles. The van der Waals surface area contributed by atoms with Gasteiger partial charge in [0.1, 0.15) is 11.5 Å². The summed E-state index contributed by atoms with van der Waals surface area (Å²) >= 11 is 0. The standard InChI is InChI=1S/C28H25NO4/c1-16-5-2-6-17(11-16)26-27-20(12-18(14-22(27)30)24-7-3-9-32-24)29-21-13-19(15-23(31)28(21)26)25-8-4-10-33-25/h2-11,18-19,26,29H,12-15H2,1H3. The Morgan fingerprint density at radius 3 is 1.82 bits per heavy atom. The molecule has 2 aromatic heterocycles. The fourth-order valence-corrected chi connectivity index (χ4v) is 5.73. The lowest BCUT2D eigenvalue weighted by atomic mass is 9.68. The molecule has 2 aliphatic carbocycles. The molecule has 0 bridgehead atoms. The molecule has 0 amide bonds. The average Bonchev–Trinajstić information content (AvgIpc) is 3.52. The molecule has 3 aliphatic rings. The smallest absolute Gasteiger partial charge is 0.162 e. The summed E-state index contributed by atoms with van der Waals surface area (Å²) in [6.45, 7) is 2.04. The third-order valence-corrected chi connectivity index (χ3v) is 7.16. The maximum absolute atomic E-state index is 13.5. The number of allylic oxidation sites excluding steroid dienone is 4. The predicted molar refractivity (Wildman–Crippen MR) is 122 cm³/mol. The van der Waals surface area contributed by atoms with Crippen LogP contribution in [0.5, 0.6) is 0 Å². The number of dihydropyridines is 1. The van der Waals surface area contributed by atoms with E-state index in [2.05, 4.69) is 11.4 Å². The van der Waals surface area contributed by atoms with E-state index in [1.807, 2.05) is 49.4 Å². The van der Waals surface area contributed by atoms with Crippen LogP contribution in [0.3, 0.4) is 0 Å². The first-order valence-electron chi connectivity index (χ1n) is 11.5. The molecular formula is C28H25NO4. The summed E-state index contributed by atoms with van der Waals surface area (Å²) in [5, 5.41) is 3.55. The molecule has 0 saturated carbocycles. The van der Waals surface area contributed by atoms with Crippen LogP contribution in [0.4, 0.5) is 0 Å². The fraction of sp³-hybridized carbons (Fsp3) is 0.286. The monoisotopic (exact) mass is 439 g/mol. The van der Waals surface area contributed by atoms with Crippen molar-refractivity contribution in [1.29, 1.82) is 0 Å². The van der Waals surface area contributed by atoms with Crippen molar-refractivity contribution in [3.8, 4) is 0 Å². The normalized spacial score (nSPS) is 25.1. The van der Waals surface area contributed by atoms with Crippen LogP contribution in [0.2, 0.25) is 0 Å². The van der Waals surface area contributed by atoms with Crippen LogP contribution < -0.4 is 5.32 Å². The number of aryl methyl sites for hydroxylation is 1. The Balaban J connectivity index is 1.46. The molecule has 2 unspecified atom stereocenters. The lowest BCUT2D eigenvalue weighted by Crippen LogP contribution is -2.38. The van der Waals surface area contributed by atoms with E-state index in [0.29, 0.717) is 25.7 Å². The van der Waals surface area contributed by atoms with Crippen LogP contribution in [-0.4, -0.2) is 11.6 Å². The molecule has 0 radical (unpaired) electrons. The lowest BCUT2D eigenvalue weighted by Gasteiger charge is -2.40. The van der Waals surface area contributed by atoms with E-state index in [-0.39, 0.29) is 29.3 Å². The maximum Gasteiger partial charge on any atom is 0.162 e. The minimum atomic E-state index is -0.328. The predicted octanol–water partition coefficient (Wildman–Crippen LogP) is 5.67. The average molecular weight is 440 g/mol. The van der Waals surface area contributed by atoms with E-state index >= 15 is 0 Å². The number of hydrogen-bond donors (Lipinski definition) is 1. The van der Waals surface area contributed by atoms with Gasteiger partial charge < -0.3 is 14.2 Å². The number of hydrogen-bond acceptors (Lipinski definition) is 5. The van der Waals surface area contributed by atoms with Crippen molar-refractivity contribution in [2.24, 2.45) is 0 Å². The first-order chi connectivity index (χ1) is 16.1. The molecule has 1 aliphatic heterocycles. The molecule has 2 atom stereocenters. The van der Waals surface area contributed by atoms with Gasteiger partial charge in [0.05, 0.1) is 12.5 Å². The Morgan fingerprint density at radius 1 is 0.758 bits per heavy atom. The highest BCUT2D eigenvalue weighted by Crippen LogP contribution is 2.49. The van der Waals surface area contributed by atoms with Crippen LogP contribution in [-0.2, 0) is 9.59 Å². The Kier molecular flexibility index (Phi) is 4.72. The van der Waals surface area contributed by atoms with E-state index in [9.17, 15) is 9.59 Å². The van der Waals surface area contributed by atoms with E-state index in [1.54, 1.807) is 12.5 Å². The van der Waals surface area contributed by atoms with E-state index in [1.165, 1.54) is 0 Å². The maximum atomic E-state index is 13.5. The number of benzene rings is 1. The molecule has 33 heavy (non-hydrogen) atoms. The highest BCUT2D eigenvalue weighted by molar-refractivity contribution is 6.06. The molecule has 3 aromatic rings. The summed E-state index contributed by atoms with van der Waals surface area (Å²) in [5.74, 6) is 1.51. The van der Waals surface area contributed by atoms with Crippen molar-refractivity contribution in [1.82, 2.24) is 5.32 Å². The van der Waals surface area contributed by atoms with Gasteiger partial charge in [-0.2, -0.15) is 0 Å². The summed E-state index contributed by atoms with van der Waals surface area (Å²) in [7, 11) is 0. The van der Waals surface area contributed by atoms with Gasteiger partial charge in [-0.1, -0.05) is 29.8 Å². The largest absolute Gasteiger partial charge is 0.469 e. The summed E-state index contributed by atoms with van der Waals surface area (Å²) in [5.41, 5.74) is 5.45. The van der Waals surface area contributed by atoms with E-state index in [0.717, 1.165) is 45.2 Å². The number of nitrogens with one attached hydrogen (secondary N) is 1. The minimum absolute atomic E-state index is 0.000720. The van der Waals surface area contributed by atoms with E-state index < -0.39 is 0 Å². The van der Waals surface area contributed by atoms with Gasteiger partial charge >= 0.3 is 0 Å². The number of carbonyl (C=O) groups is 2. The van der Waals surface area contributed by atoms with Crippen molar-refractivity contribution >= 4 is 11.6 Å². The van der Waals surface area contributed by atoms with Crippen molar-refractivity contribution < 1.29 is 18.4 Å². The highest BCUT2D eigenvalue weighted by Gasteiger charge is 2.44.